The Kier molecular flexibility index (Phi) is 6.97. The van der Waals surface area contributed by atoms with Crippen LogP contribution in [0.1, 0.15) is 29.8 Å². The molecule has 0 radical (unpaired) electrons. The Morgan fingerprint density at radius 2 is 1.71 bits per heavy atom. The lowest BCUT2D eigenvalue weighted by molar-refractivity contribution is 0.0723. The van der Waals surface area contributed by atoms with Crippen molar-refractivity contribution in [2.24, 2.45) is 5.92 Å². The van der Waals surface area contributed by atoms with Crippen LogP contribution in [-0.2, 0) is 6.54 Å². The molecule has 3 aromatic rings. The molecule has 1 aromatic heterocycles. The number of amides is 1. The molecule has 0 aliphatic carbocycles. The van der Waals surface area contributed by atoms with Gasteiger partial charge in [-0.3, -0.25) is 4.79 Å². The summed E-state index contributed by atoms with van der Waals surface area (Å²) in [6.07, 6.45) is 0. The number of hydrogen-bond donors (Lipinski definition) is 0. The first-order chi connectivity index (χ1) is 15.1. The fourth-order valence-corrected chi connectivity index (χ4v) is 4.80. The fourth-order valence-electron chi connectivity index (χ4n) is 3.90. The van der Waals surface area contributed by atoms with Crippen molar-refractivity contribution in [3.63, 3.8) is 0 Å². The normalized spacial score (nSPS) is 14.1. The molecule has 0 saturated carbocycles. The van der Waals surface area contributed by atoms with E-state index in [0.717, 1.165) is 47.3 Å². The van der Waals surface area contributed by atoms with Gasteiger partial charge >= 0.3 is 0 Å². The molecule has 0 spiro atoms. The van der Waals surface area contributed by atoms with Crippen LogP contribution in [0.15, 0.2) is 65.2 Å². The van der Waals surface area contributed by atoms with Gasteiger partial charge in [0.2, 0.25) is 5.88 Å². The maximum Gasteiger partial charge on any atom is 0.254 e. The van der Waals surface area contributed by atoms with Crippen LogP contribution in [-0.4, -0.2) is 47.1 Å². The van der Waals surface area contributed by atoms with E-state index in [1.54, 1.807) is 0 Å². The molecule has 162 valence electrons. The van der Waals surface area contributed by atoms with Crippen LogP contribution in [0.5, 0.6) is 0 Å². The molecule has 2 heterocycles. The second-order valence-electron chi connectivity index (χ2n) is 8.23. The standard InChI is InChI=1S/C25H29N3O2S/c1-19(2)17-28(24(29)21-11-7-4-8-12-21)18-22-23(20-9-5-3-6-10-20)26-30-25(22)27-13-15-31-16-14-27/h3-12,19H,13-18H2,1-2H3. The van der Waals surface area contributed by atoms with E-state index in [1.165, 1.54) is 0 Å². The number of nitrogens with zero attached hydrogens (tertiary/aromatic N) is 3. The van der Waals surface area contributed by atoms with E-state index >= 15 is 0 Å². The first-order valence-corrected chi connectivity index (χ1v) is 12.0. The number of carbonyl (C=O) groups excluding carboxylic acids is 1. The van der Waals surface area contributed by atoms with Crippen LogP contribution < -0.4 is 4.90 Å². The number of aromatic nitrogens is 1. The monoisotopic (exact) mass is 435 g/mol. The second-order valence-corrected chi connectivity index (χ2v) is 9.45. The van der Waals surface area contributed by atoms with Gasteiger partial charge in [0.05, 0.1) is 12.1 Å². The van der Waals surface area contributed by atoms with Crippen LogP contribution in [0, 0.1) is 5.92 Å². The Hall–Kier alpha value is -2.73. The first kappa shape index (κ1) is 21.5. The largest absolute Gasteiger partial charge is 0.339 e. The maximum absolute atomic E-state index is 13.4. The van der Waals surface area contributed by atoms with Crippen LogP contribution in [0.4, 0.5) is 5.88 Å². The predicted molar refractivity (Wildman–Crippen MR) is 127 cm³/mol. The van der Waals surface area contributed by atoms with Crippen molar-refractivity contribution < 1.29 is 9.32 Å². The highest BCUT2D eigenvalue weighted by atomic mass is 32.2. The highest BCUT2D eigenvalue weighted by Gasteiger charge is 2.27. The zero-order chi connectivity index (χ0) is 21.6. The topological polar surface area (TPSA) is 49.6 Å². The molecule has 1 aliphatic rings. The summed E-state index contributed by atoms with van der Waals surface area (Å²) in [5.41, 5.74) is 3.53. The number of rotatable bonds is 7. The van der Waals surface area contributed by atoms with E-state index in [1.807, 2.05) is 77.3 Å². The van der Waals surface area contributed by atoms with Gasteiger partial charge in [0.25, 0.3) is 5.91 Å². The van der Waals surface area contributed by atoms with Gasteiger partial charge < -0.3 is 14.3 Å². The van der Waals surface area contributed by atoms with E-state index in [9.17, 15) is 4.79 Å². The van der Waals surface area contributed by atoms with Gasteiger partial charge in [0, 0.05) is 42.3 Å². The maximum atomic E-state index is 13.4. The number of anilines is 1. The third-order valence-electron chi connectivity index (χ3n) is 5.36. The van der Waals surface area contributed by atoms with E-state index in [0.29, 0.717) is 24.6 Å². The van der Waals surface area contributed by atoms with Crippen LogP contribution in [0.2, 0.25) is 0 Å². The molecule has 5 nitrogen and oxygen atoms in total. The van der Waals surface area contributed by atoms with E-state index in [-0.39, 0.29) is 5.91 Å². The molecular weight excluding hydrogens is 406 g/mol. The SMILES string of the molecule is CC(C)CN(Cc1c(-c2ccccc2)noc1N1CCSCC1)C(=O)c1ccccc1. The van der Waals surface area contributed by atoms with Gasteiger partial charge in [-0.1, -0.05) is 67.5 Å². The van der Waals surface area contributed by atoms with Crippen molar-refractivity contribution in [1.29, 1.82) is 0 Å². The molecule has 1 amide bonds. The lowest BCUT2D eigenvalue weighted by Gasteiger charge is -2.29. The molecule has 1 fully saturated rings. The van der Waals surface area contributed by atoms with E-state index in [2.05, 4.69) is 23.9 Å². The minimum absolute atomic E-state index is 0.0367. The summed E-state index contributed by atoms with van der Waals surface area (Å²) < 4.78 is 5.91. The van der Waals surface area contributed by atoms with Gasteiger partial charge in [-0.15, -0.1) is 0 Å². The van der Waals surface area contributed by atoms with Crippen molar-refractivity contribution in [1.82, 2.24) is 10.1 Å². The minimum atomic E-state index is 0.0367. The molecule has 0 atom stereocenters. The highest BCUT2D eigenvalue weighted by Crippen LogP contribution is 2.34. The summed E-state index contributed by atoms with van der Waals surface area (Å²) in [5, 5.41) is 4.46. The minimum Gasteiger partial charge on any atom is -0.339 e. The highest BCUT2D eigenvalue weighted by molar-refractivity contribution is 7.99. The van der Waals surface area contributed by atoms with Crippen molar-refractivity contribution in [2.75, 3.05) is 36.0 Å². The third kappa shape index (κ3) is 5.13. The second kappa shape index (κ2) is 10.1. The number of thioether (sulfide) groups is 1. The van der Waals surface area contributed by atoms with Gasteiger partial charge in [0.1, 0.15) is 5.69 Å². The van der Waals surface area contributed by atoms with Gasteiger partial charge in [-0.05, 0) is 18.1 Å². The first-order valence-electron chi connectivity index (χ1n) is 10.8. The number of carbonyl (C=O) groups is 1. The number of benzene rings is 2. The zero-order valence-corrected chi connectivity index (χ0v) is 19.0. The van der Waals surface area contributed by atoms with Crippen molar-refractivity contribution >= 4 is 23.6 Å². The Morgan fingerprint density at radius 1 is 1.06 bits per heavy atom. The molecule has 31 heavy (non-hydrogen) atoms. The summed E-state index contributed by atoms with van der Waals surface area (Å²) in [6.45, 7) is 7.27. The smallest absolute Gasteiger partial charge is 0.254 e. The quantitative estimate of drug-likeness (QED) is 0.511. The van der Waals surface area contributed by atoms with E-state index in [4.69, 9.17) is 4.52 Å². The zero-order valence-electron chi connectivity index (χ0n) is 18.2. The lowest BCUT2D eigenvalue weighted by Crippen LogP contribution is -2.36. The molecule has 0 bridgehead atoms. The Morgan fingerprint density at radius 3 is 2.35 bits per heavy atom. The van der Waals surface area contributed by atoms with Gasteiger partial charge in [-0.2, -0.15) is 11.8 Å². The Labute approximate surface area is 188 Å². The molecule has 1 aliphatic heterocycles. The Balaban J connectivity index is 1.72. The number of hydrogen-bond acceptors (Lipinski definition) is 5. The van der Waals surface area contributed by atoms with Crippen LogP contribution in [0.3, 0.4) is 0 Å². The van der Waals surface area contributed by atoms with Crippen LogP contribution in [0.25, 0.3) is 11.3 Å². The molecule has 2 aromatic carbocycles. The summed E-state index contributed by atoms with van der Waals surface area (Å²) in [5.74, 6) is 3.32. The fraction of sp³-hybridized carbons (Fsp3) is 0.360. The van der Waals surface area contributed by atoms with Crippen molar-refractivity contribution in [3.8, 4) is 11.3 Å². The average Bonchev–Trinajstić information content (AvgIpc) is 3.23. The lowest BCUT2D eigenvalue weighted by atomic mass is 10.1. The van der Waals surface area contributed by atoms with Gasteiger partial charge in [0.15, 0.2) is 0 Å². The average molecular weight is 436 g/mol. The summed E-state index contributed by atoms with van der Waals surface area (Å²) in [6, 6.07) is 19.6. The summed E-state index contributed by atoms with van der Waals surface area (Å²) in [7, 11) is 0. The van der Waals surface area contributed by atoms with Crippen molar-refractivity contribution in [3.05, 3.63) is 71.8 Å². The predicted octanol–water partition coefficient (Wildman–Crippen LogP) is 5.19. The molecule has 4 rings (SSSR count). The molecule has 6 heteroatoms. The molecule has 0 unspecified atom stereocenters. The molecular formula is C25H29N3O2S. The van der Waals surface area contributed by atoms with Crippen LogP contribution >= 0.6 is 11.8 Å². The Bertz CT molecular complexity index is 983. The third-order valence-corrected chi connectivity index (χ3v) is 6.30. The summed E-state index contributed by atoms with van der Waals surface area (Å²) in [4.78, 5) is 17.6. The van der Waals surface area contributed by atoms with Crippen molar-refractivity contribution in [2.45, 2.75) is 20.4 Å². The van der Waals surface area contributed by atoms with E-state index < -0.39 is 0 Å². The molecule has 1 saturated heterocycles. The van der Waals surface area contributed by atoms with Gasteiger partial charge in [-0.25, -0.2) is 0 Å². The molecule has 0 N–H and O–H groups in total. The summed E-state index contributed by atoms with van der Waals surface area (Å²) >= 11 is 1.96.